The molecule has 0 bridgehead atoms. The number of nitrogens with zero attached hydrogens (tertiary/aromatic N) is 1. The van der Waals surface area contributed by atoms with Crippen LogP contribution < -0.4 is 16.0 Å². The topological polar surface area (TPSA) is 78.7 Å². The summed E-state index contributed by atoms with van der Waals surface area (Å²) in [6.45, 7) is 6.59. The number of aliphatic imine (C=N–C) groups is 1. The second kappa shape index (κ2) is 13.2. The lowest BCUT2D eigenvalue weighted by Gasteiger charge is -2.11. The number of amides is 1. The molecule has 1 heterocycles. The maximum Gasteiger partial charge on any atom is 0.291 e. The summed E-state index contributed by atoms with van der Waals surface area (Å²) < 4.78 is 5.08. The zero-order valence-electron chi connectivity index (χ0n) is 16.0. The van der Waals surface area contributed by atoms with Crippen molar-refractivity contribution in [3.63, 3.8) is 0 Å². The van der Waals surface area contributed by atoms with Crippen molar-refractivity contribution in [1.82, 2.24) is 10.6 Å². The van der Waals surface area contributed by atoms with E-state index in [1.807, 2.05) is 24.3 Å². The molecule has 0 aliphatic rings. The first kappa shape index (κ1) is 23.0. The number of furan rings is 1. The summed E-state index contributed by atoms with van der Waals surface area (Å²) in [5.41, 5.74) is 1.80. The van der Waals surface area contributed by atoms with E-state index in [-0.39, 0.29) is 29.9 Å². The van der Waals surface area contributed by atoms with Gasteiger partial charge in [-0.1, -0.05) is 31.9 Å². The molecule has 0 fully saturated rings. The van der Waals surface area contributed by atoms with Crippen molar-refractivity contribution < 1.29 is 9.21 Å². The summed E-state index contributed by atoms with van der Waals surface area (Å²) in [6.07, 6.45) is 5.05. The molecule has 6 nitrogen and oxygen atoms in total. The minimum atomic E-state index is -0.258. The Morgan fingerprint density at radius 1 is 1.07 bits per heavy atom. The molecule has 2 rings (SSSR count). The van der Waals surface area contributed by atoms with Crippen LogP contribution in [0.25, 0.3) is 0 Å². The normalized spacial score (nSPS) is 10.8. The number of halogens is 1. The first-order chi connectivity index (χ1) is 12.7. The summed E-state index contributed by atoms with van der Waals surface area (Å²) in [7, 11) is 0. The number of rotatable bonds is 9. The van der Waals surface area contributed by atoms with Crippen LogP contribution in [0.15, 0.2) is 52.1 Å². The highest BCUT2D eigenvalue weighted by atomic mass is 127. The van der Waals surface area contributed by atoms with Gasteiger partial charge in [-0.05, 0) is 43.2 Å². The van der Waals surface area contributed by atoms with Gasteiger partial charge in [-0.25, -0.2) is 4.99 Å². The van der Waals surface area contributed by atoms with Crippen LogP contribution in [0.2, 0.25) is 0 Å². The fourth-order valence-corrected chi connectivity index (χ4v) is 2.39. The molecule has 0 saturated carbocycles. The van der Waals surface area contributed by atoms with Crippen LogP contribution >= 0.6 is 24.0 Å². The van der Waals surface area contributed by atoms with E-state index in [0.29, 0.717) is 12.3 Å². The van der Waals surface area contributed by atoms with Gasteiger partial charge < -0.3 is 20.4 Å². The molecule has 1 aromatic heterocycles. The standard InChI is InChI=1S/C20H28N4O2.HI/c1-3-5-6-13-22-20(21-4-2)23-15-16-9-11-17(12-10-16)24-19(25)18-8-7-14-26-18;/h7-12,14H,3-6,13,15H2,1-2H3,(H,24,25)(H2,21,22,23);1H. The lowest BCUT2D eigenvalue weighted by atomic mass is 10.2. The van der Waals surface area contributed by atoms with Gasteiger partial charge in [0.1, 0.15) is 0 Å². The molecular weight excluding hydrogens is 455 g/mol. The van der Waals surface area contributed by atoms with E-state index in [1.54, 1.807) is 12.1 Å². The fourth-order valence-electron chi connectivity index (χ4n) is 2.39. The summed E-state index contributed by atoms with van der Waals surface area (Å²) >= 11 is 0. The Morgan fingerprint density at radius 2 is 1.85 bits per heavy atom. The lowest BCUT2D eigenvalue weighted by molar-refractivity contribution is 0.0996. The third-order valence-corrected chi connectivity index (χ3v) is 3.79. The maximum absolute atomic E-state index is 12.0. The zero-order valence-corrected chi connectivity index (χ0v) is 18.3. The Labute approximate surface area is 178 Å². The number of hydrogen-bond donors (Lipinski definition) is 3. The molecule has 3 N–H and O–H groups in total. The van der Waals surface area contributed by atoms with Crippen LogP contribution in [0.3, 0.4) is 0 Å². The number of unbranched alkanes of at least 4 members (excludes halogenated alkanes) is 2. The average Bonchev–Trinajstić information content (AvgIpc) is 3.19. The van der Waals surface area contributed by atoms with Crippen molar-refractivity contribution in [2.75, 3.05) is 18.4 Å². The van der Waals surface area contributed by atoms with Crippen molar-refractivity contribution in [2.24, 2.45) is 4.99 Å². The third kappa shape index (κ3) is 8.47. The highest BCUT2D eigenvalue weighted by molar-refractivity contribution is 14.0. The molecule has 0 radical (unpaired) electrons. The fraction of sp³-hybridized carbons (Fsp3) is 0.400. The maximum atomic E-state index is 12.0. The van der Waals surface area contributed by atoms with Crippen molar-refractivity contribution in [3.05, 3.63) is 54.0 Å². The van der Waals surface area contributed by atoms with E-state index < -0.39 is 0 Å². The monoisotopic (exact) mass is 484 g/mol. The number of nitrogens with one attached hydrogen (secondary N) is 3. The molecule has 1 aromatic carbocycles. The number of hydrogen-bond acceptors (Lipinski definition) is 3. The molecule has 2 aromatic rings. The Balaban J connectivity index is 0.00000364. The Bertz CT molecular complexity index is 685. The van der Waals surface area contributed by atoms with Gasteiger partial charge in [0, 0.05) is 18.8 Å². The van der Waals surface area contributed by atoms with E-state index in [0.717, 1.165) is 36.7 Å². The Kier molecular flexibility index (Phi) is 11.2. The molecule has 0 aliphatic heterocycles. The average molecular weight is 484 g/mol. The summed E-state index contributed by atoms with van der Waals surface area (Å²) in [5, 5.41) is 9.41. The number of carbonyl (C=O) groups is 1. The van der Waals surface area contributed by atoms with Crippen LogP contribution in [0.4, 0.5) is 5.69 Å². The minimum Gasteiger partial charge on any atom is -0.459 e. The molecule has 148 valence electrons. The lowest BCUT2D eigenvalue weighted by Crippen LogP contribution is -2.37. The second-order valence-corrected chi connectivity index (χ2v) is 5.96. The van der Waals surface area contributed by atoms with Crippen molar-refractivity contribution in [1.29, 1.82) is 0 Å². The molecule has 0 atom stereocenters. The van der Waals surface area contributed by atoms with Gasteiger partial charge in [-0.2, -0.15) is 0 Å². The predicted octanol–water partition coefficient (Wildman–Crippen LogP) is 4.40. The molecule has 0 spiro atoms. The van der Waals surface area contributed by atoms with Crippen molar-refractivity contribution in [3.8, 4) is 0 Å². The highest BCUT2D eigenvalue weighted by Crippen LogP contribution is 2.12. The minimum absolute atomic E-state index is 0. The van der Waals surface area contributed by atoms with Crippen LogP contribution in [0.5, 0.6) is 0 Å². The van der Waals surface area contributed by atoms with E-state index in [4.69, 9.17) is 4.42 Å². The van der Waals surface area contributed by atoms with Gasteiger partial charge in [0.25, 0.3) is 5.91 Å². The first-order valence-electron chi connectivity index (χ1n) is 9.19. The van der Waals surface area contributed by atoms with Gasteiger partial charge in [0.2, 0.25) is 0 Å². The predicted molar refractivity (Wildman–Crippen MR) is 121 cm³/mol. The number of guanidine groups is 1. The van der Waals surface area contributed by atoms with Gasteiger partial charge in [0.15, 0.2) is 11.7 Å². The van der Waals surface area contributed by atoms with E-state index in [1.165, 1.54) is 19.1 Å². The summed E-state index contributed by atoms with van der Waals surface area (Å²) in [6, 6.07) is 11.0. The SMILES string of the molecule is CCCCCNC(=NCc1ccc(NC(=O)c2ccco2)cc1)NCC.I. The second-order valence-electron chi connectivity index (χ2n) is 5.96. The van der Waals surface area contributed by atoms with Crippen molar-refractivity contribution in [2.45, 2.75) is 39.7 Å². The van der Waals surface area contributed by atoms with Crippen molar-refractivity contribution >= 4 is 41.5 Å². The van der Waals surface area contributed by atoms with Crippen LogP contribution in [-0.2, 0) is 6.54 Å². The number of carbonyl (C=O) groups excluding carboxylic acids is 1. The molecule has 27 heavy (non-hydrogen) atoms. The smallest absolute Gasteiger partial charge is 0.291 e. The molecule has 1 amide bonds. The molecule has 0 aliphatic carbocycles. The van der Waals surface area contributed by atoms with Gasteiger partial charge in [-0.3, -0.25) is 4.79 Å². The Morgan fingerprint density at radius 3 is 2.48 bits per heavy atom. The molecule has 0 unspecified atom stereocenters. The van der Waals surface area contributed by atoms with E-state index in [9.17, 15) is 4.79 Å². The molecule has 7 heteroatoms. The zero-order chi connectivity index (χ0) is 18.6. The number of benzene rings is 1. The van der Waals surface area contributed by atoms with Gasteiger partial charge in [0.05, 0.1) is 12.8 Å². The number of anilines is 1. The van der Waals surface area contributed by atoms with Crippen LogP contribution in [-0.4, -0.2) is 25.0 Å². The van der Waals surface area contributed by atoms with Gasteiger partial charge in [-0.15, -0.1) is 24.0 Å². The van der Waals surface area contributed by atoms with E-state index in [2.05, 4.69) is 34.8 Å². The third-order valence-electron chi connectivity index (χ3n) is 3.79. The summed E-state index contributed by atoms with van der Waals surface area (Å²) in [5.74, 6) is 0.869. The van der Waals surface area contributed by atoms with Crippen LogP contribution in [0, 0.1) is 0 Å². The van der Waals surface area contributed by atoms with Gasteiger partial charge >= 0.3 is 0 Å². The van der Waals surface area contributed by atoms with E-state index >= 15 is 0 Å². The Hall–Kier alpha value is -2.03. The van der Waals surface area contributed by atoms with Crippen LogP contribution in [0.1, 0.15) is 49.2 Å². The quantitative estimate of drug-likeness (QED) is 0.214. The first-order valence-corrected chi connectivity index (χ1v) is 9.19. The molecular formula is C20H29IN4O2. The summed E-state index contributed by atoms with van der Waals surface area (Å²) in [4.78, 5) is 16.6. The largest absolute Gasteiger partial charge is 0.459 e. The highest BCUT2D eigenvalue weighted by Gasteiger charge is 2.08. The molecule has 0 saturated heterocycles.